The molecule has 0 aromatic rings. The molecule has 1 aliphatic rings. The molecule has 0 bridgehead atoms. The number of rotatable bonds is 5. The van der Waals surface area contributed by atoms with E-state index in [1.54, 1.807) is 11.8 Å². The molecular weight excluding hydrogens is 242 g/mol. The lowest BCUT2D eigenvalue weighted by atomic mass is 9.79. The summed E-state index contributed by atoms with van der Waals surface area (Å²) in [6, 6.07) is 1.74. The van der Waals surface area contributed by atoms with E-state index in [9.17, 15) is 14.9 Å². The normalized spacial score (nSPS) is 19.8. The third-order valence-corrected chi connectivity index (χ3v) is 3.74. The zero-order valence-corrected chi connectivity index (χ0v) is 12.0. The number of carbonyl (C=O) groups is 2. The lowest BCUT2D eigenvalue weighted by Crippen LogP contribution is -2.59. The summed E-state index contributed by atoms with van der Waals surface area (Å²) >= 11 is 0. The number of nitrogens with one attached hydrogen (secondary N) is 1. The number of piperazine rings is 1. The third kappa shape index (κ3) is 3.06. The van der Waals surface area contributed by atoms with Gasteiger partial charge in [0.1, 0.15) is 11.5 Å². The Morgan fingerprint density at radius 2 is 2.05 bits per heavy atom. The first-order valence-corrected chi connectivity index (χ1v) is 7.02. The van der Waals surface area contributed by atoms with Crippen molar-refractivity contribution in [1.29, 1.82) is 5.26 Å². The molecule has 1 rings (SSSR count). The third-order valence-electron chi connectivity index (χ3n) is 3.74. The van der Waals surface area contributed by atoms with Crippen LogP contribution >= 0.6 is 0 Å². The number of nitriles is 1. The summed E-state index contributed by atoms with van der Waals surface area (Å²) in [4.78, 5) is 25.9. The summed E-state index contributed by atoms with van der Waals surface area (Å²) in [7, 11) is 0. The molecule has 1 unspecified atom stereocenters. The van der Waals surface area contributed by atoms with Crippen LogP contribution in [0.5, 0.6) is 0 Å². The van der Waals surface area contributed by atoms with Crippen LogP contribution in [0, 0.1) is 16.7 Å². The monoisotopic (exact) mass is 265 g/mol. The van der Waals surface area contributed by atoms with E-state index in [1.165, 1.54) is 0 Å². The Morgan fingerprint density at radius 1 is 1.47 bits per heavy atom. The highest BCUT2D eigenvalue weighted by Crippen LogP contribution is 2.32. The zero-order chi connectivity index (χ0) is 14.5. The van der Waals surface area contributed by atoms with Crippen LogP contribution in [0.3, 0.4) is 0 Å². The predicted molar refractivity (Wildman–Crippen MR) is 72.0 cm³/mol. The molecule has 106 valence electrons. The molecule has 1 heterocycles. The second-order valence-corrected chi connectivity index (χ2v) is 5.16. The highest BCUT2D eigenvalue weighted by atomic mass is 16.2. The number of hydrogen-bond donors (Lipinski definition) is 1. The zero-order valence-electron chi connectivity index (χ0n) is 12.0. The molecule has 2 amide bonds. The predicted octanol–water partition coefficient (Wildman–Crippen LogP) is 1.44. The lowest BCUT2D eigenvalue weighted by Gasteiger charge is -2.38. The first kappa shape index (κ1) is 15.5. The summed E-state index contributed by atoms with van der Waals surface area (Å²) in [6.45, 7) is 6.62. The Bertz CT molecular complexity index is 381. The van der Waals surface area contributed by atoms with Crippen LogP contribution < -0.4 is 5.32 Å². The van der Waals surface area contributed by atoms with Gasteiger partial charge in [-0.2, -0.15) is 5.26 Å². The highest BCUT2D eigenvalue weighted by Gasteiger charge is 2.43. The summed E-state index contributed by atoms with van der Waals surface area (Å²) in [6.07, 6.45) is 2.68. The van der Waals surface area contributed by atoms with E-state index in [-0.39, 0.29) is 11.8 Å². The minimum atomic E-state index is -0.963. The fraction of sp³-hybridized carbons (Fsp3) is 0.786. The maximum Gasteiger partial charge on any atom is 0.243 e. The first-order chi connectivity index (χ1) is 9.02. The van der Waals surface area contributed by atoms with Gasteiger partial charge < -0.3 is 10.2 Å². The van der Waals surface area contributed by atoms with Crippen LogP contribution in [-0.2, 0) is 9.59 Å². The van der Waals surface area contributed by atoms with Gasteiger partial charge in [0, 0.05) is 13.1 Å². The molecular formula is C14H23N3O2. The SMILES string of the molecule is CCCC(C#N)(CCC)C(=O)N1CCNC(=O)C1C. The summed E-state index contributed by atoms with van der Waals surface area (Å²) < 4.78 is 0. The van der Waals surface area contributed by atoms with E-state index in [1.807, 2.05) is 13.8 Å². The number of carbonyl (C=O) groups excluding carboxylic acids is 2. The molecule has 1 N–H and O–H groups in total. The van der Waals surface area contributed by atoms with E-state index in [2.05, 4.69) is 11.4 Å². The van der Waals surface area contributed by atoms with Crippen molar-refractivity contribution in [3.05, 3.63) is 0 Å². The molecule has 0 aliphatic carbocycles. The van der Waals surface area contributed by atoms with Crippen LogP contribution in [0.15, 0.2) is 0 Å². The van der Waals surface area contributed by atoms with Gasteiger partial charge in [-0.3, -0.25) is 9.59 Å². The second-order valence-electron chi connectivity index (χ2n) is 5.16. The van der Waals surface area contributed by atoms with E-state index in [4.69, 9.17) is 0 Å². The van der Waals surface area contributed by atoms with Gasteiger partial charge in [-0.25, -0.2) is 0 Å². The lowest BCUT2D eigenvalue weighted by molar-refractivity contribution is -0.148. The van der Waals surface area contributed by atoms with E-state index < -0.39 is 11.5 Å². The molecule has 1 atom stereocenters. The fourth-order valence-corrected chi connectivity index (χ4v) is 2.69. The van der Waals surface area contributed by atoms with Gasteiger partial charge in [-0.05, 0) is 19.8 Å². The molecule has 19 heavy (non-hydrogen) atoms. The smallest absolute Gasteiger partial charge is 0.243 e. The largest absolute Gasteiger partial charge is 0.353 e. The summed E-state index contributed by atoms with van der Waals surface area (Å²) in [5, 5.41) is 12.2. The molecule has 0 aromatic carbocycles. The Morgan fingerprint density at radius 3 is 2.53 bits per heavy atom. The fourth-order valence-electron chi connectivity index (χ4n) is 2.69. The van der Waals surface area contributed by atoms with E-state index in [0.717, 1.165) is 12.8 Å². The molecule has 0 spiro atoms. The number of nitrogens with zero attached hydrogens (tertiary/aromatic N) is 2. The minimum Gasteiger partial charge on any atom is -0.353 e. The van der Waals surface area contributed by atoms with Gasteiger partial charge in [0.25, 0.3) is 0 Å². The molecule has 1 fully saturated rings. The Hall–Kier alpha value is -1.57. The minimum absolute atomic E-state index is 0.139. The molecule has 0 saturated carbocycles. The topological polar surface area (TPSA) is 73.2 Å². The van der Waals surface area contributed by atoms with Crippen molar-refractivity contribution in [3.63, 3.8) is 0 Å². The molecule has 1 saturated heterocycles. The average molecular weight is 265 g/mol. The Balaban J connectivity index is 2.99. The Kier molecular flexibility index (Phi) is 5.34. The number of amides is 2. The highest BCUT2D eigenvalue weighted by molar-refractivity contribution is 5.92. The van der Waals surface area contributed by atoms with Crippen molar-refractivity contribution in [1.82, 2.24) is 10.2 Å². The van der Waals surface area contributed by atoms with Gasteiger partial charge >= 0.3 is 0 Å². The van der Waals surface area contributed by atoms with Crippen molar-refractivity contribution >= 4 is 11.8 Å². The standard InChI is InChI=1S/C14H23N3O2/c1-4-6-14(10-15,7-5-2)13(19)17-9-8-16-12(18)11(17)3/h11H,4-9H2,1-3H3,(H,16,18). The molecule has 1 aliphatic heterocycles. The maximum atomic E-state index is 12.7. The molecule has 0 radical (unpaired) electrons. The van der Waals surface area contributed by atoms with Crippen LogP contribution in [0.25, 0.3) is 0 Å². The average Bonchev–Trinajstić information content (AvgIpc) is 2.40. The van der Waals surface area contributed by atoms with Crippen molar-refractivity contribution in [2.75, 3.05) is 13.1 Å². The molecule has 5 nitrogen and oxygen atoms in total. The maximum absolute atomic E-state index is 12.7. The van der Waals surface area contributed by atoms with Crippen LogP contribution in [0.4, 0.5) is 0 Å². The quantitative estimate of drug-likeness (QED) is 0.817. The van der Waals surface area contributed by atoms with Gasteiger partial charge in [0.15, 0.2) is 0 Å². The van der Waals surface area contributed by atoms with Crippen LogP contribution in [-0.4, -0.2) is 35.8 Å². The van der Waals surface area contributed by atoms with Gasteiger partial charge in [-0.15, -0.1) is 0 Å². The Labute approximate surface area is 115 Å². The summed E-state index contributed by atoms with van der Waals surface area (Å²) in [5.74, 6) is -0.319. The number of hydrogen-bond acceptors (Lipinski definition) is 3. The van der Waals surface area contributed by atoms with Gasteiger partial charge in [0.2, 0.25) is 11.8 Å². The van der Waals surface area contributed by atoms with Crippen LogP contribution in [0.2, 0.25) is 0 Å². The van der Waals surface area contributed by atoms with Gasteiger partial charge in [-0.1, -0.05) is 26.7 Å². The molecule has 5 heteroatoms. The van der Waals surface area contributed by atoms with Crippen molar-refractivity contribution < 1.29 is 9.59 Å². The second kappa shape index (κ2) is 6.55. The van der Waals surface area contributed by atoms with Gasteiger partial charge in [0.05, 0.1) is 6.07 Å². The van der Waals surface area contributed by atoms with Crippen LogP contribution in [0.1, 0.15) is 46.5 Å². The van der Waals surface area contributed by atoms with Crippen molar-refractivity contribution in [3.8, 4) is 6.07 Å². The molecule has 0 aromatic heterocycles. The van der Waals surface area contributed by atoms with Crippen molar-refractivity contribution in [2.24, 2.45) is 5.41 Å². The van der Waals surface area contributed by atoms with E-state index in [0.29, 0.717) is 25.9 Å². The van der Waals surface area contributed by atoms with Crippen molar-refractivity contribution in [2.45, 2.75) is 52.5 Å². The summed E-state index contributed by atoms with van der Waals surface area (Å²) in [5.41, 5.74) is -0.963. The first-order valence-electron chi connectivity index (χ1n) is 7.02. The van der Waals surface area contributed by atoms with E-state index >= 15 is 0 Å².